The van der Waals surface area contributed by atoms with Crippen molar-refractivity contribution in [1.29, 1.82) is 0 Å². The highest BCUT2D eigenvalue weighted by molar-refractivity contribution is 5.91. The van der Waals surface area contributed by atoms with Gasteiger partial charge in [-0.15, -0.1) is 0 Å². The molecule has 1 aliphatic rings. The number of carboxylic acid groups (broad SMARTS) is 1. The molecular weight excluding hydrogens is 415 g/mol. The minimum absolute atomic E-state index is 0.000589. The zero-order valence-electron chi connectivity index (χ0n) is 16.7. The molecule has 1 unspecified atom stereocenters. The van der Waals surface area contributed by atoms with Gasteiger partial charge in [-0.25, -0.2) is 14.2 Å². The van der Waals surface area contributed by atoms with E-state index in [0.717, 1.165) is 12.3 Å². The van der Waals surface area contributed by atoms with Crippen molar-refractivity contribution in [2.75, 3.05) is 24.5 Å². The van der Waals surface area contributed by atoms with Gasteiger partial charge in [-0.1, -0.05) is 0 Å². The van der Waals surface area contributed by atoms with E-state index in [0.29, 0.717) is 19.5 Å². The monoisotopic (exact) mass is 440 g/mol. The van der Waals surface area contributed by atoms with Crippen molar-refractivity contribution in [1.82, 2.24) is 15.3 Å². The Bertz CT molecular complexity index is 1010. The van der Waals surface area contributed by atoms with Crippen molar-refractivity contribution < 1.29 is 34.7 Å². The topological polar surface area (TPSA) is 179 Å². The highest BCUT2D eigenvalue weighted by Crippen LogP contribution is 2.24. The highest BCUT2D eigenvalue weighted by Gasteiger charge is 2.30. The summed E-state index contributed by atoms with van der Waals surface area (Å²) in [6.45, 7) is 2.00. The molecule has 0 aromatic carbocycles. The molecule has 7 N–H and O–H groups in total. The fourth-order valence-electron chi connectivity index (χ4n) is 3.53. The second-order valence-corrected chi connectivity index (χ2v) is 7.66. The lowest BCUT2D eigenvalue weighted by molar-refractivity contribution is -0.0989. The van der Waals surface area contributed by atoms with Gasteiger partial charge in [0.1, 0.15) is 23.4 Å². The predicted octanol–water partition coefficient (Wildman–Crippen LogP) is -1.61. The predicted molar refractivity (Wildman–Crippen MR) is 108 cm³/mol. The molecule has 3 rings (SSSR count). The van der Waals surface area contributed by atoms with Gasteiger partial charge in [0, 0.05) is 31.9 Å². The fraction of sp³-hybridized carbons (Fsp3) is 0.526. The smallest absolute Gasteiger partial charge is 0.341 e. The second-order valence-electron chi connectivity index (χ2n) is 7.66. The quantitative estimate of drug-likeness (QED) is 0.252. The Hall–Kier alpha value is -2.64. The average molecular weight is 440 g/mol. The number of hydrogen-bond donors (Lipinski definition) is 7. The van der Waals surface area contributed by atoms with E-state index in [9.17, 15) is 34.4 Å². The summed E-state index contributed by atoms with van der Waals surface area (Å²) in [6.07, 6.45) is -3.94. The lowest BCUT2D eigenvalue weighted by Crippen LogP contribution is -2.49. The first-order valence-electron chi connectivity index (χ1n) is 9.76. The number of aromatic amines is 1. The van der Waals surface area contributed by atoms with Crippen LogP contribution in [-0.4, -0.2) is 91.6 Å². The Morgan fingerprint density at radius 3 is 2.71 bits per heavy atom. The molecule has 0 spiro atoms. The van der Waals surface area contributed by atoms with E-state index in [2.05, 4.69) is 15.3 Å². The molecule has 11 nitrogen and oxygen atoms in total. The van der Waals surface area contributed by atoms with Gasteiger partial charge in [-0.05, 0) is 19.4 Å². The molecule has 12 heteroatoms. The first-order valence-corrected chi connectivity index (χ1v) is 9.76. The molecule has 1 aliphatic heterocycles. The van der Waals surface area contributed by atoms with Crippen molar-refractivity contribution in [2.24, 2.45) is 0 Å². The van der Waals surface area contributed by atoms with Crippen LogP contribution >= 0.6 is 0 Å². The van der Waals surface area contributed by atoms with Gasteiger partial charge in [-0.3, -0.25) is 4.79 Å². The average Bonchev–Trinajstić information content (AvgIpc) is 3.19. The summed E-state index contributed by atoms with van der Waals surface area (Å²) in [6, 6.07) is 0.789. The first-order chi connectivity index (χ1) is 14.6. The van der Waals surface area contributed by atoms with Crippen LogP contribution in [0, 0.1) is 5.82 Å². The zero-order valence-corrected chi connectivity index (χ0v) is 16.7. The number of nitrogens with zero attached hydrogens (tertiary/aromatic N) is 2. The number of fused-ring (bicyclic) bond motifs is 1. The fourth-order valence-corrected chi connectivity index (χ4v) is 3.53. The van der Waals surface area contributed by atoms with Gasteiger partial charge in [0.2, 0.25) is 5.43 Å². The van der Waals surface area contributed by atoms with Gasteiger partial charge in [0.25, 0.3) is 0 Å². The minimum Gasteiger partial charge on any atom is -0.477 e. The van der Waals surface area contributed by atoms with Crippen LogP contribution in [0.2, 0.25) is 0 Å². The molecular formula is C19H25FN4O7. The van der Waals surface area contributed by atoms with Crippen LogP contribution in [0.4, 0.5) is 10.2 Å². The van der Waals surface area contributed by atoms with Crippen LogP contribution in [0.1, 0.15) is 23.7 Å². The summed E-state index contributed by atoms with van der Waals surface area (Å²) in [5.74, 6) is -2.19. The number of carboxylic acids is 1. The number of pyridine rings is 2. The van der Waals surface area contributed by atoms with Crippen LogP contribution in [0.25, 0.3) is 11.0 Å². The third-order valence-electron chi connectivity index (χ3n) is 5.37. The summed E-state index contributed by atoms with van der Waals surface area (Å²) in [5.41, 5.74) is -1.27. The normalized spacial score (nSPS) is 20.6. The van der Waals surface area contributed by atoms with Crippen LogP contribution in [-0.2, 0) is 0 Å². The summed E-state index contributed by atoms with van der Waals surface area (Å²) in [5, 5.41) is 50.6. The standard InChI is InChI=1S/C19H25FN4O7/c1-8(25)14(27)16(29)13(26)6-21-9-2-3-24(7-9)18-12(20)4-10-15(28)11(19(30)31)5-22-17(10)23-18/h4-5,8-9,13-14,16,21,25-27,29H,2-3,6-7H2,1H3,(H,30,31)(H,22,23,28)/t8-,9?,13+,14+,16-/m0/s1. The van der Waals surface area contributed by atoms with Gasteiger partial charge in [-0.2, -0.15) is 0 Å². The molecule has 2 aromatic rings. The number of anilines is 1. The molecule has 3 heterocycles. The maximum absolute atomic E-state index is 14.6. The van der Waals surface area contributed by atoms with Crippen LogP contribution in [0.3, 0.4) is 0 Å². The Balaban J connectivity index is 1.68. The highest BCUT2D eigenvalue weighted by atomic mass is 19.1. The number of nitrogens with one attached hydrogen (secondary N) is 2. The lowest BCUT2D eigenvalue weighted by Gasteiger charge is -2.26. The molecule has 0 amide bonds. The number of aliphatic hydroxyl groups excluding tert-OH is 4. The maximum atomic E-state index is 14.6. The molecule has 170 valence electrons. The van der Waals surface area contributed by atoms with E-state index in [1.165, 1.54) is 6.92 Å². The molecule has 0 radical (unpaired) electrons. The number of carbonyl (C=O) groups is 1. The van der Waals surface area contributed by atoms with Crippen molar-refractivity contribution in [3.05, 3.63) is 33.9 Å². The van der Waals surface area contributed by atoms with Crippen molar-refractivity contribution in [3.8, 4) is 0 Å². The summed E-state index contributed by atoms with van der Waals surface area (Å²) in [7, 11) is 0. The van der Waals surface area contributed by atoms with Gasteiger partial charge in [0.15, 0.2) is 11.6 Å². The largest absolute Gasteiger partial charge is 0.477 e. The number of H-pyrrole nitrogens is 1. The number of rotatable bonds is 8. The Morgan fingerprint density at radius 1 is 1.35 bits per heavy atom. The van der Waals surface area contributed by atoms with Crippen molar-refractivity contribution >= 4 is 22.8 Å². The number of aromatic carboxylic acids is 1. The Labute approximate surface area is 175 Å². The number of aliphatic hydroxyl groups is 4. The van der Waals surface area contributed by atoms with E-state index in [-0.39, 0.29) is 29.4 Å². The second kappa shape index (κ2) is 9.24. The third-order valence-corrected chi connectivity index (χ3v) is 5.37. The van der Waals surface area contributed by atoms with Crippen molar-refractivity contribution in [2.45, 2.75) is 43.8 Å². The Kier molecular flexibility index (Phi) is 6.86. The third kappa shape index (κ3) is 4.83. The van der Waals surface area contributed by atoms with Gasteiger partial charge >= 0.3 is 5.97 Å². The number of hydrogen-bond acceptors (Lipinski definition) is 9. The Morgan fingerprint density at radius 2 is 2.06 bits per heavy atom. The summed E-state index contributed by atoms with van der Waals surface area (Å²) >= 11 is 0. The van der Waals surface area contributed by atoms with E-state index < -0.39 is 47.2 Å². The molecule has 2 aromatic heterocycles. The lowest BCUT2D eigenvalue weighted by atomic mass is 10.0. The van der Waals surface area contributed by atoms with Crippen molar-refractivity contribution in [3.63, 3.8) is 0 Å². The molecule has 0 aliphatic carbocycles. The van der Waals surface area contributed by atoms with Crippen LogP contribution in [0.5, 0.6) is 0 Å². The molecule has 1 saturated heterocycles. The van der Waals surface area contributed by atoms with Crippen LogP contribution in [0.15, 0.2) is 17.1 Å². The van der Waals surface area contributed by atoms with Crippen LogP contribution < -0.4 is 15.6 Å². The molecule has 31 heavy (non-hydrogen) atoms. The molecule has 0 bridgehead atoms. The van der Waals surface area contributed by atoms with Gasteiger partial charge in [0.05, 0.1) is 17.6 Å². The SMILES string of the molecule is C[C@H](O)[C@@H](O)[C@@H](O)[C@H](O)CNC1CCN(c2nc3[nH]cc(C(=O)O)c(=O)c3cc2F)C1. The number of halogens is 1. The molecule has 5 atom stereocenters. The maximum Gasteiger partial charge on any atom is 0.341 e. The summed E-state index contributed by atoms with van der Waals surface area (Å²) in [4.78, 5) is 31.7. The molecule has 1 fully saturated rings. The van der Waals surface area contributed by atoms with E-state index in [1.54, 1.807) is 4.90 Å². The minimum atomic E-state index is -1.53. The van der Waals surface area contributed by atoms with E-state index in [1.807, 2.05) is 0 Å². The zero-order chi connectivity index (χ0) is 22.9. The first kappa shape index (κ1) is 23.0. The molecule has 0 saturated carbocycles. The summed E-state index contributed by atoms with van der Waals surface area (Å²) < 4.78 is 14.6. The van der Waals surface area contributed by atoms with E-state index in [4.69, 9.17) is 5.11 Å². The van der Waals surface area contributed by atoms with Gasteiger partial charge < -0.3 is 40.7 Å². The van der Waals surface area contributed by atoms with E-state index >= 15 is 0 Å². The number of aromatic nitrogens is 2.